The minimum absolute atomic E-state index is 0.0574. The van der Waals surface area contributed by atoms with Crippen molar-refractivity contribution in [2.45, 2.75) is 89.1 Å². The Morgan fingerprint density at radius 1 is 0.234 bits per heavy atom. The number of halogens is 1. The third kappa shape index (κ3) is 35.3. The molecule has 145 heavy (non-hydrogen) atoms. The van der Waals surface area contributed by atoms with Gasteiger partial charge in [-0.05, 0) is 196 Å². The Bertz CT molecular complexity index is 6760. The van der Waals surface area contributed by atoms with Crippen LogP contribution in [0, 0.1) is 33.5 Å². The van der Waals surface area contributed by atoms with Crippen LogP contribution in [-0.2, 0) is 34.0 Å². The summed E-state index contributed by atoms with van der Waals surface area (Å²) in [7, 11) is 13.0. The number of ether oxygens (including phenoxy) is 13. The molecule has 0 radical (unpaired) electrons. The predicted molar refractivity (Wildman–Crippen MR) is 598 cm³/mol. The van der Waals surface area contributed by atoms with Gasteiger partial charge in [0, 0.05) is 92.6 Å². The molecule has 0 saturated carbocycles. The van der Waals surface area contributed by atoms with Gasteiger partial charge in [-0.3, -0.25) is 28.8 Å². The molecule has 15 aromatic rings. The van der Waals surface area contributed by atoms with Gasteiger partial charge in [0.25, 0.3) is 0 Å². The molecule has 0 heterocycles. The summed E-state index contributed by atoms with van der Waals surface area (Å²) >= 11 is 0. The van der Waals surface area contributed by atoms with Crippen LogP contribution in [0.2, 0.25) is 0 Å². The smallest absolute Gasteiger partial charge is 0.188 e. The number of methoxy groups -OCH3 is 7. The van der Waals surface area contributed by atoms with Crippen molar-refractivity contribution in [3.8, 4) is 57.5 Å². The van der Waals surface area contributed by atoms with Crippen LogP contribution >= 0.6 is 51.5 Å². The molecule has 0 saturated heterocycles. The van der Waals surface area contributed by atoms with Crippen LogP contribution in [0.25, 0.3) is 0 Å². The molecule has 15 aromatic carbocycles. The molecule has 0 amide bonds. The first-order valence-corrected chi connectivity index (χ1v) is 52.4. The third-order valence-electron chi connectivity index (χ3n) is 21.9. The molecule has 0 aromatic heterocycles. The number of benzene rings is 15. The van der Waals surface area contributed by atoms with Crippen LogP contribution < -0.4 is 111 Å². The molecule has 0 N–H and O–H groups in total. The SMILES string of the molecule is COCOc1c(C)cccc1Pc1ccccc1C(C)=O.COCOc1ccc(C)cc1Pc1ccccc1C(C)=O.COCOc1ccccc1Pc1ccccc1C(C)=O.COc1cc(OC)c(OCc2ccccc2)c(Pc2ccc(F)cc2C(C)=O)c1.COc1ccc(OCc2ccccc2)c(Pc2ccc(C)cc2C(C)=O)c1.COc1cccc(Pc2c(C)cccc2C(C)=O)c1OCc1ccccc1. The van der Waals surface area contributed by atoms with Gasteiger partial charge in [-0.15, -0.1) is 0 Å². The molecule has 0 fully saturated rings. The Labute approximate surface area is 861 Å². The zero-order valence-corrected chi connectivity index (χ0v) is 90.6. The number of Topliss-reactive ketones (excluding diaryl/α,β-unsaturated/α-hetero) is 6. The van der Waals surface area contributed by atoms with E-state index in [9.17, 15) is 33.2 Å². The first kappa shape index (κ1) is 114. The van der Waals surface area contributed by atoms with E-state index in [-0.39, 0.29) is 63.7 Å². The Morgan fingerprint density at radius 2 is 0.586 bits per heavy atom. The molecule has 750 valence electrons. The summed E-state index contributed by atoms with van der Waals surface area (Å²) in [4.78, 5) is 71.3. The highest BCUT2D eigenvalue weighted by Crippen LogP contribution is 2.38. The average Bonchev–Trinajstić information content (AvgIpc) is 0.802. The molecule has 26 heteroatoms. The Balaban J connectivity index is 0.000000179. The highest BCUT2D eigenvalue weighted by molar-refractivity contribution is 7.57. The number of hydrogen-bond donors (Lipinski definition) is 0. The lowest BCUT2D eigenvalue weighted by atomic mass is 10.1. The van der Waals surface area contributed by atoms with Gasteiger partial charge in [-0.25, -0.2) is 4.39 Å². The maximum Gasteiger partial charge on any atom is 0.188 e. The molecule has 0 aliphatic rings. The normalized spacial score (nSPS) is 10.9. The van der Waals surface area contributed by atoms with E-state index >= 15 is 0 Å². The van der Waals surface area contributed by atoms with Crippen molar-refractivity contribution in [3.05, 3.63) is 406 Å². The van der Waals surface area contributed by atoms with E-state index < -0.39 is 5.82 Å². The topological polar surface area (TPSA) is 222 Å². The van der Waals surface area contributed by atoms with Gasteiger partial charge in [0.05, 0.1) is 28.4 Å². The van der Waals surface area contributed by atoms with E-state index in [1.807, 2.05) is 325 Å². The monoisotopic (exact) mass is 2060 g/mol. The van der Waals surface area contributed by atoms with Gasteiger partial charge in [0.2, 0.25) is 0 Å². The zero-order valence-electron chi connectivity index (χ0n) is 84.6. The Hall–Kier alpha value is -13.3. The Morgan fingerprint density at radius 3 is 1.10 bits per heavy atom. The van der Waals surface area contributed by atoms with Crippen molar-refractivity contribution < 1.29 is 94.7 Å². The van der Waals surface area contributed by atoms with E-state index in [0.717, 1.165) is 159 Å². The number of rotatable bonds is 40. The second kappa shape index (κ2) is 59.8. The van der Waals surface area contributed by atoms with E-state index in [2.05, 4.69) is 6.07 Å². The summed E-state index contributed by atoms with van der Waals surface area (Å²) in [5.74, 6) is 7.00. The highest BCUT2D eigenvalue weighted by atomic mass is 31.1. The van der Waals surface area contributed by atoms with E-state index in [1.54, 1.807) is 96.5 Å². The fourth-order valence-electron chi connectivity index (χ4n) is 14.6. The van der Waals surface area contributed by atoms with E-state index in [0.29, 0.717) is 91.3 Å². The molecule has 0 bridgehead atoms. The molecule has 6 unspecified atom stereocenters. The van der Waals surface area contributed by atoms with Gasteiger partial charge in [0.1, 0.15) is 60.1 Å². The van der Waals surface area contributed by atoms with Crippen LogP contribution in [0.5, 0.6) is 57.5 Å². The first-order valence-electron chi connectivity index (χ1n) is 46.4. The number of para-hydroxylation sites is 3. The largest absolute Gasteiger partial charge is 0.497 e. The number of carbonyl (C=O) groups is 6. The molecule has 0 spiro atoms. The molecule has 6 atom stereocenters. The number of carbonyl (C=O) groups excluding carboxylic acids is 6. The predicted octanol–water partition coefficient (Wildman–Crippen LogP) is 21.2. The highest BCUT2D eigenvalue weighted by Gasteiger charge is 2.23. The lowest BCUT2D eigenvalue weighted by Gasteiger charge is -2.18. The van der Waals surface area contributed by atoms with Gasteiger partial charge in [-0.1, -0.05) is 317 Å². The van der Waals surface area contributed by atoms with Gasteiger partial charge in [0.15, 0.2) is 78.1 Å². The fraction of sp³-hybridized carbons (Fsp3) is 0.193. The van der Waals surface area contributed by atoms with Gasteiger partial charge >= 0.3 is 0 Å². The van der Waals surface area contributed by atoms with Gasteiger partial charge in [-0.2, -0.15) is 0 Å². The zero-order chi connectivity index (χ0) is 104. The van der Waals surface area contributed by atoms with Crippen LogP contribution in [0.3, 0.4) is 0 Å². The lowest BCUT2D eigenvalue weighted by Crippen LogP contribution is -2.17. The second-order valence-corrected chi connectivity index (χ2v) is 40.7. The lowest BCUT2D eigenvalue weighted by molar-refractivity contribution is 0.0513. The molecular weight excluding hydrogens is 1940 g/mol. The van der Waals surface area contributed by atoms with Crippen LogP contribution in [0.15, 0.2) is 328 Å². The van der Waals surface area contributed by atoms with E-state index in [4.69, 9.17) is 61.6 Å². The summed E-state index contributed by atoms with van der Waals surface area (Å²) in [6, 6.07) is 104. The van der Waals surface area contributed by atoms with Crippen molar-refractivity contribution in [2.75, 3.05) is 70.1 Å². The number of hydrogen-bond acceptors (Lipinski definition) is 19. The number of aryl methyl sites for hydroxylation is 4. The standard InChI is InChI=1S/C23H22FO4P.2C23H23O3P.2C17H19O3P.C16H17O3P/c1-15(25)19-11-17(24)9-10-21(19)29-22-13-18(26-2)12-20(27-3)23(22)28-14-16-7-5-4-6-8-16;1-16-9-7-12-19(17(2)24)23(16)27-21-14-8-13-20(25-3)22(21)26-15-18-10-5-4-6-11-18;1-16-9-12-22(20(13-16)17(2)24)27-23-14-19(25-3)10-11-21(23)26-15-18-7-5-4-6-8-18;1-12-7-6-10-16(17(12)20-11-19-3)21-15-9-5-4-8-14(15)13(2)18;1-12-8-9-15(20-11-19-3)17(10-12)21-16-7-5-4-6-14(16)13(2)18;1-12(17)13-7-3-5-9-15(13)20-16-10-6-4-8-14(16)19-11-18-2/h4-13,29H,14H2,1-3H3;2*4-14,27H,15H2,1-3H3;2*4-10,21H,11H2,1-3H3;3-10,20H,11H2,1-2H3. The third-order valence-corrected chi connectivity index (χ3v) is 30.3. The maximum absolute atomic E-state index is 13.7. The summed E-state index contributed by atoms with van der Waals surface area (Å²) in [6.45, 7) is 19.5. The van der Waals surface area contributed by atoms with Crippen molar-refractivity contribution in [3.63, 3.8) is 0 Å². The van der Waals surface area contributed by atoms with Gasteiger partial charge < -0.3 is 61.6 Å². The fourth-order valence-corrected chi connectivity index (χ4v) is 22.9. The van der Waals surface area contributed by atoms with Crippen LogP contribution in [0.1, 0.15) is 143 Å². The second-order valence-electron chi connectivity index (χ2n) is 32.8. The average molecular weight is 2060 g/mol. The molecule has 15 rings (SSSR count). The molecule has 19 nitrogen and oxygen atoms in total. The summed E-state index contributed by atoms with van der Waals surface area (Å²) in [5, 5.41) is 12.0. The van der Waals surface area contributed by atoms with Crippen molar-refractivity contribution in [1.29, 1.82) is 0 Å². The van der Waals surface area contributed by atoms with Crippen molar-refractivity contribution in [1.82, 2.24) is 0 Å². The molecular formula is C119H123FO19P6. The molecule has 0 aliphatic heterocycles. The summed E-state index contributed by atoms with van der Waals surface area (Å²) < 4.78 is 85.6. The number of ketones is 6. The van der Waals surface area contributed by atoms with E-state index in [1.165, 1.54) is 24.6 Å². The summed E-state index contributed by atoms with van der Waals surface area (Å²) in [5.41, 5.74) is 11.9. The maximum atomic E-state index is 13.7. The van der Waals surface area contributed by atoms with Crippen molar-refractivity contribution >= 4 is 150 Å². The Kier molecular flexibility index (Phi) is 46.9. The summed E-state index contributed by atoms with van der Waals surface area (Å²) in [6.07, 6.45) is 0. The van der Waals surface area contributed by atoms with Crippen LogP contribution in [0.4, 0.5) is 4.39 Å². The first-order chi connectivity index (χ1) is 70.1. The molecule has 0 aliphatic carbocycles. The minimum Gasteiger partial charge on any atom is -0.497 e. The quantitative estimate of drug-likeness (QED) is 0.0198. The minimum atomic E-state index is -0.437. The van der Waals surface area contributed by atoms with Crippen LogP contribution in [-0.4, -0.2) is 105 Å². The van der Waals surface area contributed by atoms with Crippen molar-refractivity contribution in [2.24, 2.45) is 0 Å².